The summed E-state index contributed by atoms with van der Waals surface area (Å²) < 4.78 is 2.33. The third-order valence-corrected chi connectivity index (χ3v) is 4.30. The number of nitrogens with zero attached hydrogens (tertiary/aromatic N) is 5. The molecule has 0 radical (unpaired) electrons. The van der Waals surface area contributed by atoms with E-state index in [-0.39, 0.29) is 5.91 Å². The van der Waals surface area contributed by atoms with Gasteiger partial charge in [0.05, 0.1) is 24.5 Å². The number of benzene rings is 1. The highest BCUT2D eigenvalue weighted by molar-refractivity contribution is 9.10. The van der Waals surface area contributed by atoms with Crippen LogP contribution in [-0.2, 0) is 11.2 Å². The first kappa shape index (κ1) is 17.1. The lowest BCUT2D eigenvalue weighted by Crippen LogP contribution is -2.15. The lowest BCUT2D eigenvalue weighted by Gasteiger charge is -2.08. The fraction of sp³-hybridized carbons (Fsp3) is 0.0556. The summed E-state index contributed by atoms with van der Waals surface area (Å²) in [5.74, 6) is 0.922. The smallest absolute Gasteiger partial charge is 0.229 e. The van der Waals surface area contributed by atoms with Gasteiger partial charge in [-0.2, -0.15) is 5.10 Å². The molecule has 0 bridgehead atoms. The van der Waals surface area contributed by atoms with Crippen LogP contribution in [0.25, 0.3) is 5.65 Å². The van der Waals surface area contributed by atoms with E-state index in [1.807, 2.05) is 36.4 Å². The molecule has 1 amide bonds. The van der Waals surface area contributed by atoms with Crippen molar-refractivity contribution in [1.82, 2.24) is 24.6 Å². The van der Waals surface area contributed by atoms with Gasteiger partial charge in [-0.05, 0) is 33.6 Å². The summed E-state index contributed by atoms with van der Waals surface area (Å²) in [7, 11) is 0. The second kappa shape index (κ2) is 7.50. The minimum atomic E-state index is -0.117. The highest BCUT2D eigenvalue weighted by Gasteiger charge is 2.09. The number of hydrogen-bond acceptors (Lipinski definition) is 6. The summed E-state index contributed by atoms with van der Waals surface area (Å²) >= 11 is 3.37. The summed E-state index contributed by atoms with van der Waals surface area (Å²) in [6, 6.07) is 13.1. The van der Waals surface area contributed by atoms with E-state index < -0.39 is 0 Å². The third-order valence-electron chi connectivity index (χ3n) is 3.76. The predicted octanol–water partition coefficient (Wildman–Crippen LogP) is 3.21. The summed E-state index contributed by atoms with van der Waals surface area (Å²) in [5, 5.41) is 10.1. The number of fused-ring (bicyclic) bond motifs is 1. The number of halogens is 1. The summed E-state index contributed by atoms with van der Waals surface area (Å²) in [4.78, 5) is 24.9. The molecular weight excluding hydrogens is 410 g/mol. The van der Waals surface area contributed by atoms with Crippen molar-refractivity contribution in [3.05, 3.63) is 71.4 Å². The van der Waals surface area contributed by atoms with Crippen LogP contribution >= 0.6 is 15.9 Å². The van der Waals surface area contributed by atoms with Crippen molar-refractivity contribution in [2.24, 2.45) is 0 Å². The van der Waals surface area contributed by atoms with Gasteiger partial charge < -0.3 is 10.6 Å². The van der Waals surface area contributed by atoms with Crippen molar-refractivity contribution in [3.63, 3.8) is 0 Å². The molecule has 0 saturated heterocycles. The Balaban J connectivity index is 1.43. The largest absolute Gasteiger partial charge is 0.336 e. The number of pyridine rings is 1. The molecule has 0 atom stereocenters. The SMILES string of the molecule is O=C(Cc1ccccc1)Nc1ccc(Nc2ncc(Br)n3ncnc23)cn1. The fourth-order valence-corrected chi connectivity index (χ4v) is 2.89. The van der Waals surface area contributed by atoms with E-state index in [0.29, 0.717) is 28.3 Å². The molecule has 27 heavy (non-hydrogen) atoms. The molecule has 2 N–H and O–H groups in total. The van der Waals surface area contributed by atoms with E-state index in [4.69, 9.17) is 0 Å². The van der Waals surface area contributed by atoms with Crippen LogP contribution in [0.3, 0.4) is 0 Å². The Labute approximate surface area is 162 Å². The zero-order valence-electron chi connectivity index (χ0n) is 14.0. The number of hydrogen-bond donors (Lipinski definition) is 2. The van der Waals surface area contributed by atoms with Crippen LogP contribution in [0.2, 0.25) is 0 Å². The Bertz CT molecular complexity index is 1080. The number of nitrogens with one attached hydrogen (secondary N) is 2. The highest BCUT2D eigenvalue weighted by Crippen LogP contribution is 2.21. The lowest BCUT2D eigenvalue weighted by molar-refractivity contribution is -0.115. The van der Waals surface area contributed by atoms with Crippen LogP contribution in [0.1, 0.15) is 5.56 Å². The topological polar surface area (TPSA) is 97.1 Å². The molecule has 0 aliphatic heterocycles. The van der Waals surface area contributed by atoms with E-state index in [1.54, 1.807) is 23.0 Å². The van der Waals surface area contributed by atoms with Crippen LogP contribution in [0.4, 0.5) is 17.3 Å². The van der Waals surface area contributed by atoms with Gasteiger partial charge in [0, 0.05) is 0 Å². The molecule has 0 saturated carbocycles. The van der Waals surface area contributed by atoms with E-state index in [9.17, 15) is 4.79 Å². The summed E-state index contributed by atoms with van der Waals surface area (Å²) in [6.45, 7) is 0. The monoisotopic (exact) mass is 423 g/mol. The number of carbonyl (C=O) groups is 1. The Kier molecular flexibility index (Phi) is 4.75. The fourth-order valence-electron chi connectivity index (χ4n) is 2.52. The third kappa shape index (κ3) is 3.93. The first-order valence-corrected chi connectivity index (χ1v) is 8.89. The van der Waals surface area contributed by atoms with Crippen molar-refractivity contribution in [2.75, 3.05) is 10.6 Å². The molecule has 0 unspecified atom stereocenters. The van der Waals surface area contributed by atoms with Crippen LogP contribution in [0.15, 0.2) is 65.8 Å². The summed E-state index contributed by atoms with van der Waals surface area (Å²) in [6.07, 6.45) is 5.01. The number of carbonyl (C=O) groups excluding carboxylic acids is 1. The number of aromatic nitrogens is 5. The van der Waals surface area contributed by atoms with Crippen molar-refractivity contribution >= 4 is 44.8 Å². The molecule has 3 aromatic heterocycles. The molecular formula is C18H14BrN7O. The molecule has 1 aromatic carbocycles. The minimum Gasteiger partial charge on any atom is -0.336 e. The van der Waals surface area contributed by atoms with Crippen LogP contribution < -0.4 is 10.6 Å². The standard InChI is InChI=1S/C18H14BrN7O/c19-14-10-21-17(18-22-11-23-26(14)18)24-13-6-7-15(20-9-13)25-16(27)8-12-4-2-1-3-5-12/h1-7,9-11H,8H2,(H,21,24)(H,20,25,27). The lowest BCUT2D eigenvalue weighted by atomic mass is 10.1. The highest BCUT2D eigenvalue weighted by atomic mass is 79.9. The van der Waals surface area contributed by atoms with Gasteiger partial charge in [0.25, 0.3) is 0 Å². The molecule has 0 aliphatic rings. The maximum absolute atomic E-state index is 12.1. The minimum absolute atomic E-state index is 0.117. The van der Waals surface area contributed by atoms with E-state index in [1.165, 1.54) is 6.33 Å². The molecule has 0 spiro atoms. The first-order chi connectivity index (χ1) is 13.2. The van der Waals surface area contributed by atoms with Gasteiger partial charge in [-0.15, -0.1) is 0 Å². The number of amides is 1. The quantitative estimate of drug-likeness (QED) is 0.511. The van der Waals surface area contributed by atoms with Crippen LogP contribution in [0.5, 0.6) is 0 Å². The zero-order chi connectivity index (χ0) is 18.6. The van der Waals surface area contributed by atoms with Gasteiger partial charge >= 0.3 is 0 Å². The second-order valence-corrected chi connectivity index (χ2v) is 6.51. The Morgan fingerprint density at radius 2 is 1.89 bits per heavy atom. The molecule has 0 aliphatic carbocycles. The van der Waals surface area contributed by atoms with E-state index in [0.717, 1.165) is 11.3 Å². The molecule has 134 valence electrons. The van der Waals surface area contributed by atoms with Gasteiger partial charge in [0.1, 0.15) is 16.7 Å². The predicted molar refractivity (Wildman–Crippen MR) is 105 cm³/mol. The average Bonchev–Trinajstić information content (AvgIpc) is 3.17. The Hall–Kier alpha value is -3.33. The van der Waals surface area contributed by atoms with Gasteiger partial charge in [0.2, 0.25) is 5.91 Å². The van der Waals surface area contributed by atoms with Gasteiger partial charge in [-0.3, -0.25) is 4.79 Å². The molecule has 0 fully saturated rings. The molecule has 9 heteroatoms. The van der Waals surface area contributed by atoms with Crippen molar-refractivity contribution in [1.29, 1.82) is 0 Å². The maximum atomic E-state index is 12.1. The average molecular weight is 424 g/mol. The van der Waals surface area contributed by atoms with Crippen LogP contribution in [0, 0.1) is 0 Å². The normalized spacial score (nSPS) is 10.7. The van der Waals surface area contributed by atoms with Crippen molar-refractivity contribution in [2.45, 2.75) is 6.42 Å². The van der Waals surface area contributed by atoms with Crippen molar-refractivity contribution in [3.8, 4) is 0 Å². The molecule has 8 nitrogen and oxygen atoms in total. The molecule has 4 aromatic rings. The van der Waals surface area contributed by atoms with Gasteiger partial charge in [0.15, 0.2) is 11.5 Å². The number of rotatable bonds is 5. The second-order valence-electron chi connectivity index (χ2n) is 5.69. The zero-order valence-corrected chi connectivity index (χ0v) is 15.6. The van der Waals surface area contributed by atoms with Gasteiger partial charge in [-0.25, -0.2) is 19.5 Å². The van der Waals surface area contributed by atoms with Crippen molar-refractivity contribution < 1.29 is 4.79 Å². The number of anilines is 3. The van der Waals surface area contributed by atoms with Crippen LogP contribution in [-0.4, -0.2) is 30.5 Å². The molecule has 3 heterocycles. The Morgan fingerprint density at radius 3 is 2.67 bits per heavy atom. The maximum Gasteiger partial charge on any atom is 0.229 e. The van der Waals surface area contributed by atoms with Gasteiger partial charge in [-0.1, -0.05) is 30.3 Å². The summed E-state index contributed by atoms with van der Waals surface area (Å²) in [5.41, 5.74) is 2.26. The van der Waals surface area contributed by atoms with E-state index >= 15 is 0 Å². The first-order valence-electron chi connectivity index (χ1n) is 8.10. The Morgan fingerprint density at radius 1 is 1.04 bits per heavy atom. The van der Waals surface area contributed by atoms with E-state index in [2.05, 4.69) is 46.6 Å². The molecule has 4 rings (SSSR count).